The lowest BCUT2D eigenvalue weighted by Crippen LogP contribution is -2.35. The summed E-state index contributed by atoms with van der Waals surface area (Å²) in [6.07, 6.45) is 0. The van der Waals surface area contributed by atoms with Crippen LogP contribution in [0.15, 0.2) is 22.7 Å². The first-order valence-electron chi connectivity index (χ1n) is 4.87. The highest BCUT2D eigenvalue weighted by atomic mass is 79.9. The summed E-state index contributed by atoms with van der Waals surface area (Å²) in [5, 5.41) is 16.1. The number of carbonyl (C=O) groups is 1. The molecule has 17 heavy (non-hydrogen) atoms. The first-order chi connectivity index (χ1) is 7.95. The summed E-state index contributed by atoms with van der Waals surface area (Å²) in [5.74, 6) is -0.234. The van der Waals surface area contributed by atoms with E-state index in [4.69, 9.17) is 0 Å². The molecule has 0 aromatic heterocycles. The largest absolute Gasteiger partial charge is 0.368 e. The third kappa shape index (κ3) is 3.42. The molecule has 0 saturated heterocycles. The standard InChI is InChI=1S/C10H12BrN3O3/c1-6(10(15)12-2)13-8-4-3-7(11)5-9(8)14(16)17/h3-6,13H,1-2H3,(H,12,15). The average Bonchev–Trinajstić information content (AvgIpc) is 2.29. The molecular formula is C10H12BrN3O3. The zero-order chi connectivity index (χ0) is 13.0. The van der Waals surface area contributed by atoms with E-state index in [2.05, 4.69) is 26.6 Å². The van der Waals surface area contributed by atoms with Crippen molar-refractivity contribution < 1.29 is 9.72 Å². The van der Waals surface area contributed by atoms with E-state index in [0.29, 0.717) is 10.2 Å². The number of likely N-dealkylation sites (N-methyl/N-ethyl adjacent to an activating group) is 1. The number of benzene rings is 1. The van der Waals surface area contributed by atoms with Gasteiger partial charge in [0, 0.05) is 17.6 Å². The van der Waals surface area contributed by atoms with E-state index in [1.807, 2.05) is 0 Å². The summed E-state index contributed by atoms with van der Waals surface area (Å²) in [4.78, 5) is 21.7. The summed E-state index contributed by atoms with van der Waals surface area (Å²) in [6, 6.07) is 4.08. The fourth-order valence-corrected chi connectivity index (χ4v) is 1.64. The van der Waals surface area contributed by atoms with Gasteiger partial charge in [-0.3, -0.25) is 14.9 Å². The Morgan fingerprint density at radius 1 is 1.53 bits per heavy atom. The number of anilines is 1. The quantitative estimate of drug-likeness (QED) is 0.657. The maximum absolute atomic E-state index is 11.3. The second-order valence-electron chi connectivity index (χ2n) is 3.40. The van der Waals surface area contributed by atoms with Crippen molar-refractivity contribution in [2.24, 2.45) is 0 Å². The number of hydrogen-bond acceptors (Lipinski definition) is 4. The molecule has 0 spiro atoms. The summed E-state index contributed by atoms with van der Waals surface area (Å²) in [5.41, 5.74) is 0.240. The predicted molar refractivity (Wildman–Crippen MR) is 67.9 cm³/mol. The molecule has 1 amide bonds. The van der Waals surface area contributed by atoms with Crippen LogP contribution in [-0.2, 0) is 4.79 Å². The second kappa shape index (κ2) is 5.62. The number of nitrogens with zero attached hydrogens (tertiary/aromatic N) is 1. The van der Waals surface area contributed by atoms with Gasteiger partial charge in [-0.25, -0.2) is 0 Å². The minimum atomic E-state index is -0.542. The van der Waals surface area contributed by atoms with Crippen molar-refractivity contribution in [2.45, 2.75) is 13.0 Å². The number of amides is 1. The molecule has 7 heteroatoms. The number of nitro groups is 1. The van der Waals surface area contributed by atoms with Crippen LogP contribution in [0, 0.1) is 10.1 Å². The van der Waals surface area contributed by atoms with E-state index in [0.717, 1.165) is 0 Å². The zero-order valence-corrected chi connectivity index (χ0v) is 10.9. The minimum Gasteiger partial charge on any atom is -0.368 e. The van der Waals surface area contributed by atoms with E-state index in [1.54, 1.807) is 19.1 Å². The Bertz CT molecular complexity index is 450. The molecule has 0 aliphatic heterocycles. The smallest absolute Gasteiger partial charge is 0.293 e. The van der Waals surface area contributed by atoms with E-state index in [-0.39, 0.29) is 11.6 Å². The Morgan fingerprint density at radius 2 is 2.18 bits per heavy atom. The second-order valence-corrected chi connectivity index (χ2v) is 4.31. The van der Waals surface area contributed by atoms with Gasteiger partial charge in [0.25, 0.3) is 5.69 Å². The Kier molecular flexibility index (Phi) is 4.45. The molecule has 1 unspecified atom stereocenters. The molecule has 0 saturated carbocycles. The fraction of sp³-hybridized carbons (Fsp3) is 0.300. The highest BCUT2D eigenvalue weighted by Crippen LogP contribution is 2.28. The molecule has 1 aromatic carbocycles. The summed E-state index contributed by atoms with van der Waals surface area (Å²) in [7, 11) is 1.51. The zero-order valence-electron chi connectivity index (χ0n) is 9.36. The van der Waals surface area contributed by atoms with Gasteiger partial charge in [-0.15, -0.1) is 0 Å². The van der Waals surface area contributed by atoms with Crippen molar-refractivity contribution in [3.8, 4) is 0 Å². The molecule has 1 rings (SSSR count). The van der Waals surface area contributed by atoms with Crippen LogP contribution >= 0.6 is 15.9 Å². The molecule has 0 radical (unpaired) electrons. The monoisotopic (exact) mass is 301 g/mol. The first kappa shape index (κ1) is 13.4. The van der Waals surface area contributed by atoms with E-state index in [1.165, 1.54) is 13.1 Å². The number of halogens is 1. The topological polar surface area (TPSA) is 84.3 Å². The lowest BCUT2D eigenvalue weighted by atomic mass is 10.2. The van der Waals surface area contributed by atoms with Crippen molar-refractivity contribution in [1.82, 2.24) is 5.32 Å². The van der Waals surface area contributed by atoms with Crippen molar-refractivity contribution in [3.63, 3.8) is 0 Å². The number of nitrogens with one attached hydrogen (secondary N) is 2. The molecule has 1 atom stereocenters. The minimum absolute atomic E-state index is 0.0740. The highest BCUT2D eigenvalue weighted by Gasteiger charge is 2.18. The molecule has 0 aliphatic carbocycles. The van der Waals surface area contributed by atoms with E-state index >= 15 is 0 Å². The lowest BCUT2D eigenvalue weighted by molar-refractivity contribution is -0.384. The fourth-order valence-electron chi connectivity index (χ4n) is 1.29. The van der Waals surface area contributed by atoms with Crippen LogP contribution in [0.4, 0.5) is 11.4 Å². The van der Waals surface area contributed by atoms with Crippen LogP contribution in [0.5, 0.6) is 0 Å². The van der Waals surface area contributed by atoms with Crippen LogP contribution in [0.1, 0.15) is 6.92 Å². The van der Waals surface area contributed by atoms with Crippen molar-refractivity contribution in [2.75, 3.05) is 12.4 Å². The Morgan fingerprint density at radius 3 is 2.71 bits per heavy atom. The van der Waals surface area contributed by atoms with Gasteiger partial charge in [0.05, 0.1) is 4.92 Å². The van der Waals surface area contributed by atoms with Gasteiger partial charge >= 0.3 is 0 Å². The maximum Gasteiger partial charge on any atom is 0.293 e. The summed E-state index contributed by atoms with van der Waals surface area (Å²) in [6.45, 7) is 1.63. The van der Waals surface area contributed by atoms with Crippen molar-refractivity contribution in [3.05, 3.63) is 32.8 Å². The van der Waals surface area contributed by atoms with Crippen LogP contribution in [0.2, 0.25) is 0 Å². The van der Waals surface area contributed by atoms with Gasteiger partial charge in [0.2, 0.25) is 5.91 Å². The molecule has 0 heterocycles. The van der Waals surface area contributed by atoms with E-state index in [9.17, 15) is 14.9 Å². The van der Waals surface area contributed by atoms with Crippen molar-refractivity contribution in [1.29, 1.82) is 0 Å². The highest BCUT2D eigenvalue weighted by molar-refractivity contribution is 9.10. The molecule has 0 bridgehead atoms. The van der Waals surface area contributed by atoms with Gasteiger partial charge < -0.3 is 10.6 Å². The summed E-state index contributed by atoms with van der Waals surface area (Å²) >= 11 is 3.16. The van der Waals surface area contributed by atoms with Crippen LogP contribution in [-0.4, -0.2) is 23.9 Å². The number of rotatable bonds is 4. The van der Waals surface area contributed by atoms with Gasteiger partial charge in [-0.2, -0.15) is 0 Å². The SMILES string of the molecule is CNC(=O)C(C)Nc1ccc(Br)cc1[N+](=O)[O-]. The molecule has 1 aromatic rings. The van der Waals surface area contributed by atoms with Gasteiger partial charge in [0.1, 0.15) is 11.7 Å². The Balaban J connectivity index is 2.98. The third-order valence-electron chi connectivity index (χ3n) is 2.17. The van der Waals surface area contributed by atoms with Gasteiger partial charge in [-0.05, 0) is 19.1 Å². The van der Waals surface area contributed by atoms with Crippen molar-refractivity contribution >= 4 is 33.2 Å². The van der Waals surface area contributed by atoms with E-state index < -0.39 is 11.0 Å². The predicted octanol–water partition coefficient (Wildman–Crippen LogP) is 1.90. The van der Waals surface area contributed by atoms with Crippen LogP contribution in [0.25, 0.3) is 0 Å². The van der Waals surface area contributed by atoms with Crippen LogP contribution in [0.3, 0.4) is 0 Å². The molecule has 92 valence electrons. The molecule has 6 nitrogen and oxygen atoms in total. The lowest BCUT2D eigenvalue weighted by Gasteiger charge is -2.13. The van der Waals surface area contributed by atoms with Gasteiger partial charge in [0.15, 0.2) is 0 Å². The van der Waals surface area contributed by atoms with Crippen LogP contribution < -0.4 is 10.6 Å². The molecule has 2 N–H and O–H groups in total. The maximum atomic E-state index is 11.3. The third-order valence-corrected chi connectivity index (χ3v) is 2.66. The molecule has 0 aliphatic rings. The Hall–Kier alpha value is -1.63. The number of hydrogen-bond donors (Lipinski definition) is 2. The molecule has 0 fully saturated rings. The van der Waals surface area contributed by atoms with Gasteiger partial charge in [-0.1, -0.05) is 15.9 Å². The number of carbonyl (C=O) groups excluding carboxylic acids is 1. The first-order valence-corrected chi connectivity index (χ1v) is 5.67. The normalized spacial score (nSPS) is 11.7. The Labute approximate surface area is 107 Å². The number of nitro benzene ring substituents is 1. The summed E-state index contributed by atoms with van der Waals surface area (Å²) < 4.78 is 0.613. The molecular weight excluding hydrogens is 290 g/mol. The average molecular weight is 302 g/mol.